The summed E-state index contributed by atoms with van der Waals surface area (Å²) in [7, 11) is 0. The lowest BCUT2D eigenvalue weighted by Crippen LogP contribution is -2.24. The molecular formula is C12H10F3NO4. The molecule has 0 aliphatic carbocycles. The summed E-state index contributed by atoms with van der Waals surface area (Å²) < 4.78 is 40.4. The highest BCUT2D eigenvalue weighted by Crippen LogP contribution is 2.27. The number of rotatable bonds is 4. The Morgan fingerprint density at radius 2 is 1.90 bits per heavy atom. The van der Waals surface area contributed by atoms with E-state index in [9.17, 15) is 22.8 Å². The van der Waals surface area contributed by atoms with Crippen molar-refractivity contribution in [2.75, 3.05) is 0 Å². The number of carboxylic acids is 1. The van der Waals surface area contributed by atoms with Crippen LogP contribution in [0.5, 0.6) is 5.75 Å². The maximum Gasteiger partial charge on any atom is 0.573 e. The van der Waals surface area contributed by atoms with E-state index in [1.165, 1.54) is 18.2 Å². The Kier molecular flexibility index (Phi) is 4.73. The molecule has 8 heteroatoms. The maximum absolute atomic E-state index is 12.2. The molecule has 0 atom stereocenters. The maximum atomic E-state index is 12.2. The number of halogens is 3. The number of aliphatic carboxylic acids is 1. The third-order valence-electron chi connectivity index (χ3n) is 1.99. The molecule has 0 saturated carbocycles. The molecule has 108 valence electrons. The summed E-state index contributed by atoms with van der Waals surface area (Å²) in [5.74, 6) is -2.71. The van der Waals surface area contributed by atoms with E-state index >= 15 is 0 Å². The minimum absolute atomic E-state index is 0.129. The average molecular weight is 289 g/mol. The molecule has 1 rings (SSSR count). The van der Waals surface area contributed by atoms with Crippen molar-refractivity contribution in [1.29, 1.82) is 0 Å². The van der Waals surface area contributed by atoms with Crippen LogP contribution in [-0.2, 0) is 9.59 Å². The van der Waals surface area contributed by atoms with Crippen molar-refractivity contribution in [3.8, 4) is 5.75 Å². The summed E-state index contributed by atoms with van der Waals surface area (Å²) in [6.45, 7) is 1.08. The number of ether oxygens (including phenoxy) is 1. The summed E-state index contributed by atoms with van der Waals surface area (Å²) >= 11 is 0. The molecule has 5 nitrogen and oxygen atoms in total. The number of nitrogens with one attached hydrogen (secondary N) is 1. The van der Waals surface area contributed by atoms with E-state index in [0.717, 1.165) is 19.1 Å². The van der Waals surface area contributed by atoms with Gasteiger partial charge in [-0.1, -0.05) is 18.2 Å². The highest BCUT2D eigenvalue weighted by atomic mass is 19.4. The largest absolute Gasteiger partial charge is 0.573 e. The fourth-order valence-electron chi connectivity index (χ4n) is 1.31. The zero-order valence-corrected chi connectivity index (χ0v) is 10.2. The molecule has 0 aliphatic heterocycles. The van der Waals surface area contributed by atoms with Crippen LogP contribution >= 0.6 is 0 Å². The smallest absolute Gasteiger partial charge is 0.477 e. The molecule has 0 saturated heterocycles. The van der Waals surface area contributed by atoms with Gasteiger partial charge in [0.1, 0.15) is 11.4 Å². The van der Waals surface area contributed by atoms with Crippen LogP contribution in [0.4, 0.5) is 13.2 Å². The number of benzene rings is 1. The fraction of sp³-hybridized carbons (Fsp3) is 0.167. The Morgan fingerprint density at radius 3 is 2.40 bits per heavy atom. The van der Waals surface area contributed by atoms with Gasteiger partial charge in [0.05, 0.1) is 0 Å². The van der Waals surface area contributed by atoms with E-state index < -0.39 is 29.7 Å². The number of hydrogen-bond acceptors (Lipinski definition) is 3. The van der Waals surface area contributed by atoms with Crippen molar-refractivity contribution >= 4 is 18.0 Å². The van der Waals surface area contributed by atoms with Crippen molar-refractivity contribution in [3.05, 3.63) is 35.5 Å². The average Bonchev–Trinajstić information content (AvgIpc) is 2.28. The van der Waals surface area contributed by atoms with Crippen LogP contribution in [0.25, 0.3) is 6.08 Å². The lowest BCUT2D eigenvalue weighted by atomic mass is 10.1. The highest BCUT2D eigenvalue weighted by molar-refractivity contribution is 5.96. The van der Waals surface area contributed by atoms with E-state index in [1.807, 2.05) is 5.32 Å². The molecule has 1 aromatic carbocycles. The van der Waals surface area contributed by atoms with Crippen LogP contribution < -0.4 is 10.1 Å². The molecule has 0 radical (unpaired) electrons. The van der Waals surface area contributed by atoms with Gasteiger partial charge in [-0.2, -0.15) is 0 Å². The van der Waals surface area contributed by atoms with Gasteiger partial charge in [0, 0.05) is 12.5 Å². The molecule has 0 spiro atoms. The fourth-order valence-corrected chi connectivity index (χ4v) is 1.31. The van der Waals surface area contributed by atoms with Gasteiger partial charge in [0.25, 0.3) is 0 Å². The predicted octanol–water partition coefficient (Wildman–Crippen LogP) is 2.15. The van der Waals surface area contributed by atoms with Gasteiger partial charge in [-0.05, 0) is 12.1 Å². The summed E-state index contributed by atoms with van der Waals surface area (Å²) in [6, 6.07) is 4.97. The number of carbonyl (C=O) groups is 2. The Labute approximate surface area is 111 Å². The van der Waals surface area contributed by atoms with Crippen molar-refractivity contribution in [2.24, 2.45) is 0 Å². The monoisotopic (exact) mass is 289 g/mol. The lowest BCUT2D eigenvalue weighted by Gasteiger charge is -2.11. The van der Waals surface area contributed by atoms with Gasteiger partial charge < -0.3 is 15.2 Å². The van der Waals surface area contributed by atoms with Crippen molar-refractivity contribution < 1.29 is 32.6 Å². The van der Waals surface area contributed by atoms with E-state index in [4.69, 9.17) is 5.11 Å². The van der Waals surface area contributed by atoms with E-state index in [2.05, 4.69) is 4.74 Å². The normalized spacial score (nSPS) is 11.9. The number of carbonyl (C=O) groups excluding carboxylic acids is 1. The second kappa shape index (κ2) is 6.09. The number of amides is 1. The molecule has 0 fully saturated rings. The van der Waals surface area contributed by atoms with Crippen LogP contribution in [0.2, 0.25) is 0 Å². The number of alkyl halides is 3. The highest BCUT2D eigenvalue weighted by Gasteiger charge is 2.31. The molecule has 0 aromatic heterocycles. The third-order valence-corrected chi connectivity index (χ3v) is 1.99. The van der Waals surface area contributed by atoms with Gasteiger partial charge >= 0.3 is 12.3 Å². The number of hydrogen-bond donors (Lipinski definition) is 2. The lowest BCUT2D eigenvalue weighted by molar-refractivity contribution is -0.274. The van der Waals surface area contributed by atoms with Gasteiger partial charge in [-0.25, -0.2) is 4.79 Å². The Morgan fingerprint density at radius 1 is 1.30 bits per heavy atom. The molecule has 1 aromatic rings. The molecular weight excluding hydrogens is 279 g/mol. The summed E-state index contributed by atoms with van der Waals surface area (Å²) in [5, 5.41) is 10.9. The van der Waals surface area contributed by atoms with Crippen LogP contribution in [0.1, 0.15) is 12.5 Å². The van der Waals surface area contributed by atoms with Crippen LogP contribution in [0.3, 0.4) is 0 Å². The second-order valence-electron chi connectivity index (χ2n) is 3.63. The first kappa shape index (κ1) is 15.5. The quantitative estimate of drug-likeness (QED) is 0.833. The number of para-hydroxylation sites is 1. The SMILES string of the molecule is CC(=O)N/C(=C\c1ccccc1OC(F)(F)F)C(=O)O. The first-order chi connectivity index (χ1) is 9.19. The Hall–Kier alpha value is -2.51. The first-order valence-corrected chi connectivity index (χ1v) is 5.26. The second-order valence-corrected chi connectivity index (χ2v) is 3.63. The van der Waals surface area contributed by atoms with E-state index in [-0.39, 0.29) is 5.56 Å². The van der Waals surface area contributed by atoms with Crippen molar-refractivity contribution in [2.45, 2.75) is 13.3 Å². The zero-order valence-electron chi connectivity index (χ0n) is 10.2. The topological polar surface area (TPSA) is 75.6 Å². The first-order valence-electron chi connectivity index (χ1n) is 5.26. The molecule has 0 bridgehead atoms. The van der Waals surface area contributed by atoms with Crippen molar-refractivity contribution in [1.82, 2.24) is 5.32 Å². The van der Waals surface area contributed by atoms with E-state index in [1.54, 1.807) is 0 Å². The minimum Gasteiger partial charge on any atom is -0.477 e. The Bertz CT molecular complexity index is 552. The summed E-state index contributed by atoms with van der Waals surface area (Å²) in [6.07, 6.45) is -4.02. The van der Waals surface area contributed by atoms with Gasteiger partial charge in [0.15, 0.2) is 0 Å². The molecule has 2 N–H and O–H groups in total. The van der Waals surface area contributed by atoms with Crippen LogP contribution in [-0.4, -0.2) is 23.3 Å². The third kappa shape index (κ3) is 5.01. The van der Waals surface area contributed by atoms with Crippen LogP contribution in [0.15, 0.2) is 30.0 Å². The molecule has 0 heterocycles. The van der Waals surface area contributed by atoms with Gasteiger partial charge in [-0.15, -0.1) is 13.2 Å². The van der Waals surface area contributed by atoms with Gasteiger partial charge in [0.2, 0.25) is 5.91 Å². The molecule has 0 unspecified atom stereocenters. The minimum atomic E-state index is -4.90. The summed E-state index contributed by atoms with van der Waals surface area (Å²) in [4.78, 5) is 21.7. The molecule has 1 amide bonds. The number of carboxylic acid groups (broad SMARTS) is 1. The summed E-state index contributed by atoms with van der Waals surface area (Å²) in [5.41, 5.74) is -0.688. The van der Waals surface area contributed by atoms with Gasteiger partial charge in [-0.3, -0.25) is 4.79 Å². The standard InChI is InChI=1S/C12H10F3NO4/c1-7(17)16-9(11(18)19)6-8-4-2-3-5-10(8)20-12(13,14)15/h2-6H,1H3,(H,16,17)(H,18,19)/b9-6-. The zero-order chi connectivity index (χ0) is 15.3. The predicted molar refractivity (Wildman–Crippen MR) is 62.6 cm³/mol. The molecule has 0 aliphatic rings. The Balaban J connectivity index is 3.17. The van der Waals surface area contributed by atoms with E-state index in [0.29, 0.717) is 0 Å². The van der Waals surface area contributed by atoms with Crippen LogP contribution in [0, 0.1) is 0 Å². The molecule has 20 heavy (non-hydrogen) atoms. The van der Waals surface area contributed by atoms with Crippen molar-refractivity contribution in [3.63, 3.8) is 0 Å².